The molecule has 1 amide bonds. The maximum Gasteiger partial charge on any atom is 0.220 e. The molecule has 0 aromatic heterocycles. The molecule has 1 fully saturated rings. The standard InChI is InChI=1S/C15H22N2O.ClH/c1-12-5-2-3-6-13(12)8-9-15(18)17-14-7-4-10-16-11-14;/h2-3,5-6,14,16H,4,7-11H2,1H3,(H,17,18);1H. The highest BCUT2D eigenvalue weighted by molar-refractivity contribution is 5.85. The third-order valence-corrected chi connectivity index (χ3v) is 3.54. The normalized spacial score (nSPS) is 18.5. The van der Waals surface area contributed by atoms with Gasteiger partial charge in [0.15, 0.2) is 0 Å². The molecule has 1 aromatic carbocycles. The topological polar surface area (TPSA) is 41.1 Å². The lowest BCUT2D eigenvalue weighted by atomic mass is 10.0. The number of piperidine rings is 1. The molecule has 0 bridgehead atoms. The van der Waals surface area contributed by atoms with Gasteiger partial charge in [0.05, 0.1) is 0 Å². The molecule has 2 rings (SSSR count). The van der Waals surface area contributed by atoms with E-state index in [0.717, 1.165) is 32.4 Å². The van der Waals surface area contributed by atoms with Crippen LogP contribution in [0.15, 0.2) is 24.3 Å². The SMILES string of the molecule is Cc1ccccc1CCC(=O)NC1CCCNC1.Cl. The molecule has 1 aliphatic heterocycles. The average molecular weight is 283 g/mol. The number of benzene rings is 1. The number of halogens is 1. The summed E-state index contributed by atoms with van der Waals surface area (Å²) in [6, 6.07) is 8.59. The highest BCUT2D eigenvalue weighted by atomic mass is 35.5. The summed E-state index contributed by atoms with van der Waals surface area (Å²) in [4.78, 5) is 11.9. The molecule has 106 valence electrons. The van der Waals surface area contributed by atoms with Gasteiger partial charge in [0, 0.05) is 19.0 Å². The van der Waals surface area contributed by atoms with Gasteiger partial charge in [-0.15, -0.1) is 12.4 Å². The molecule has 0 saturated carbocycles. The first-order valence-corrected chi connectivity index (χ1v) is 6.80. The zero-order valence-corrected chi connectivity index (χ0v) is 12.3. The molecule has 1 aliphatic rings. The Kier molecular flexibility index (Phi) is 6.89. The molecule has 1 saturated heterocycles. The van der Waals surface area contributed by atoms with Gasteiger partial charge in [0.2, 0.25) is 5.91 Å². The summed E-state index contributed by atoms with van der Waals surface area (Å²) in [6.45, 7) is 4.09. The Labute approximate surface area is 121 Å². The van der Waals surface area contributed by atoms with E-state index in [-0.39, 0.29) is 18.3 Å². The summed E-state index contributed by atoms with van der Waals surface area (Å²) in [7, 11) is 0. The van der Waals surface area contributed by atoms with Gasteiger partial charge in [-0.2, -0.15) is 0 Å². The molecule has 1 atom stereocenters. The van der Waals surface area contributed by atoms with Crippen LogP contribution in [0.25, 0.3) is 0 Å². The van der Waals surface area contributed by atoms with E-state index in [1.807, 2.05) is 12.1 Å². The van der Waals surface area contributed by atoms with Crippen LogP contribution >= 0.6 is 12.4 Å². The molecule has 1 unspecified atom stereocenters. The van der Waals surface area contributed by atoms with Crippen molar-refractivity contribution in [2.24, 2.45) is 0 Å². The van der Waals surface area contributed by atoms with Gasteiger partial charge in [-0.3, -0.25) is 4.79 Å². The van der Waals surface area contributed by atoms with Gasteiger partial charge >= 0.3 is 0 Å². The minimum absolute atomic E-state index is 0. The quantitative estimate of drug-likeness (QED) is 0.889. The van der Waals surface area contributed by atoms with Crippen molar-refractivity contribution in [3.63, 3.8) is 0 Å². The number of carbonyl (C=O) groups is 1. The van der Waals surface area contributed by atoms with Crippen LogP contribution in [0, 0.1) is 6.92 Å². The maximum atomic E-state index is 11.9. The van der Waals surface area contributed by atoms with Crippen molar-refractivity contribution >= 4 is 18.3 Å². The van der Waals surface area contributed by atoms with Crippen molar-refractivity contribution in [1.29, 1.82) is 0 Å². The summed E-state index contributed by atoms with van der Waals surface area (Å²) in [5.74, 6) is 0.173. The van der Waals surface area contributed by atoms with E-state index in [1.165, 1.54) is 11.1 Å². The summed E-state index contributed by atoms with van der Waals surface area (Å²) in [5.41, 5.74) is 2.54. The summed E-state index contributed by atoms with van der Waals surface area (Å²) in [5, 5.41) is 6.42. The zero-order valence-electron chi connectivity index (χ0n) is 11.4. The number of amides is 1. The number of carbonyl (C=O) groups excluding carboxylic acids is 1. The highest BCUT2D eigenvalue weighted by Crippen LogP contribution is 2.09. The van der Waals surface area contributed by atoms with Gasteiger partial charge < -0.3 is 10.6 Å². The Bertz CT molecular complexity index is 403. The third-order valence-electron chi connectivity index (χ3n) is 3.54. The fourth-order valence-corrected chi connectivity index (χ4v) is 2.41. The van der Waals surface area contributed by atoms with Crippen LogP contribution in [0.2, 0.25) is 0 Å². The second-order valence-corrected chi connectivity index (χ2v) is 5.04. The minimum Gasteiger partial charge on any atom is -0.352 e. The van der Waals surface area contributed by atoms with Crippen LogP contribution < -0.4 is 10.6 Å². The molecule has 1 aromatic rings. The highest BCUT2D eigenvalue weighted by Gasteiger charge is 2.15. The Morgan fingerprint density at radius 1 is 1.42 bits per heavy atom. The number of aryl methyl sites for hydroxylation is 2. The predicted molar refractivity (Wildman–Crippen MR) is 80.8 cm³/mol. The summed E-state index contributed by atoms with van der Waals surface area (Å²) in [6.07, 6.45) is 3.67. The van der Waals surface area contributed by atoms with Crippen LogP contribution in [-0.2, 0) is 11.2 Å². The molecule has 0 aliphatic carbocycles. The second-order valence-electron chi connectivity index (χ2n) is 5.04. The van der Waals surface area contributed by atoms with Gasteiger partial charge in [-0.1, -0.05) is 24.3 Å². The van der Waals surface area contributed by atoms with Gasteiger partial charge in [-0.25, -0.2) is 0 Å². The molecule has 19 heavy (non-hydrogen) atoms. The fraction of sp³-hybridized carbons (Fsp3) is 0.533. The Hall–Kier alpha value is -1.06. The van der Waals surface area contributed by atoms with Crippen molar-refractivity contribution in [3.8, 4) is 0 Å². The maximum absolute atomic E-state index is 11.9. The van der Waals surface area contributed by atoms with Crippen molar-refractivity contribution in [1.82, 2.24) is 10.6 Å². The van der Waals surface area contributed by atoms with Gasteiger partial charge in [0.1, 0.15) is 0 Å². The predicted octanol–water partition coefficient (Wildman–Crippen LogP) is 2.22. The Balaban J connectivity index is 0.00000180. The largest absolute Gasteiger partial charge is 0.352 e. The average Bonchev–Trinajstić information content (AvgIpc) is 2.39. The van der Waals surface area contributed by atoms with Crippen LogP contribution in [0.5, 0.6) is 0 Å². The summed E-state index contributed by atoms with van der Waals surface area (Å²) < 4.78 is 0. The molecule has 0 spiro atoms. The number of hydrogen-bond acceptors (Lipinski definition) is 2. The molecule has 0 radical (unpaired) electrons. The van der Waals surface area contributed by atoms with Crippen LogP contribution in [0.3, 0.4) is 0 Å². The van der Waals surface area contributed by atoms with Crippen molar-refractivity contribution in [2.45, 2.75) is 38.6 Å². The molecule has 4 heteroatoms. The lowest BCUT2D eigenvalue weighted by molar-refractivity contribution is -0.121. The Morgan fingerprint density at radius 3 is 2.89 bits per heavy atom. The second kappa shape index (κ2) is 8.18. The Morgan fingerprint density at radius 2 is 2.21 bits per heavy atom. The minimum atomic E-state index is 0. The lowest BCUT2D eigenvalue weighted by Crippen LogP contribution is -2.45. The van der Waals surface area contributed by atoms with Crippen LogP contribution in [0.4, 0.5) is 0 Å². The van der Waals surface area contributed by atoms with Crippen molar-refractivity contribution in [2.75, 3.05) is 13.1 Å². The first kappa shape index (κ1) is 16.0. The first-order valence-electron chi connectivity index (χ1n) is 6.80. The monoisotopic (exact) mass is 282 g/mol. The molecule has 3 nitrogen and oxygen atoms in total. The van der Waals surface area contributed by atoms with Crippen LogP contribution in [-0.4, -0.2) is 25.0 Å². The molecule has 1 heterocycles. The van der Waals surface area contributed by atoms with E-state index in [9.17, 15) is 4.79 Å². The van der Waals surface area contributed by atoms with Gasteiger partial charge in [0.25, 0.3) is 0 Å². The first-order chi connectivity index (χ1) is 8.75. The van der Waals surface area contributed by atoms with E-state index < -0.39 is 0 Å². The van der Waals surface area contributed by atoms with E-state index in [1.54, 1.807) is 0 Å². The smallest absolute Gasteiger partial charge is 0.220 e. The fourth-order valence-electron chi connectivity index (χ4n) is 2.41. The molecular formula is C15H23ClN2O. The molecule has 2 N–H and O–H groups in total. The zero-order chi connectivity index (χ0) is 12.8. The number of hydrogen-bond donors (Lipinski definition) is 2. The van der Waals surface area contributed by atoms with Crippen LogP contribution in [0.1, 0.15) is 30.4 Å². The van der Waals surface area contributed by atoms with Crippen molar-refractivity contribution in [3.05, 3.63) is 35.4 Å². The van der Waals surface area contributed by atoms with E-state index in [0.29, 0.717) is 12.5 Å². The number of nitrogens with one attached hydrogen (secondary N) is 2. The van der Waals surface area contributed by atoms with E-state index in [2.05, 4.69) is 29.7 Å². The van der Waals surface area contributed by atoms with Crippen molar-refractivity contribution < 1.29 is 4.79 Å². The third kappa shape index (κ3) is 5.21. The van der Waals surface area contributed by atoms with Gasteiger partial charge in [-0.05, 0) is 43.9 Å². The number of rotatable bonds is 4. The van der Waals surface area contributed by atoms with E-state index >= 15 is 0 Å². The lowest BCUT2D eigenvalue weighted by Gasteiger charge is -2.23. The molecular weight excluding hydrogens is 260 g/mol. The summed E-state index contributed by atoms with van der Waals surface area (Å²) >= 11 is 0. The van der Waals surface area contributed by atoms with E-state index in [4.69, 9.17) is 0 Å².